The summed E-state index contributed by atoms with van der Waals surface area (Å²) in [4.78, 5) is 11.0. The molecule has 2 fully saturated rings. The van der Waals surface area contributed by atoms with E-state index in [2.05, 4.69) is 17.6 Å². The summed E-state index contributed by atoms with van der Waals surface area (Å²) in [6.45, 7) is 4.79. The largest absolute Gasteiger partial charge is 0.374 e. The van der Waals surface area contributed by atoms with Gasteiger partial charge < -0.3 is 15.4 Å². The van der Waals surface area contributed by atoms with Crippen LogP contribution in [0.2, 0.25) is 0 Å². The van der Waals surface area contributed by atoms with Crippen LogP contribution in [-0.2, 0) is 9.53 Å². The van der Waals surface area contributed by atoms with Crippen LogP contribution >= 0.6 is 0 Å². The van der Waals surface area contributed by atoms with E-state index in [4.69, 9.17) is 4.74 Å². The first kappa shape index (κ1) is 10.9. The van der Waals surface area contributed by atoms with E-state index in [0.717, 1.165) is 32.5 Å². The van der Waals surface area contributed by atoms with Gasteiger partial charge in [-0.05, 0) is 26.2 Å². The molecule has 2 aliphatic rings. The highest BCUT2D eigenvalue weighted by Gasteiger charge is 2.29. The van der Waals surface area contributed by atoms with Crippen molar-refractivity contribution < 1.29 is 9.53 Å². The second kappa shape index (κ2) is 4.49. The van der Waals surface area contributed by atoms with E-state index < -0.39 is 0 Å². The van der Waals surface area contributed by atoms with Gasteiger partial charge in [-0.1, -0.05) is 0 Å². The molecule has 86 valence electrons. The number of hydrogen-bond donors (Lipinski definition) is 2. The SMILES string of the molecule is CC1(CNCC2CCC(=O)N2)CCCO1. The predicted octanol–water partition coefficient (Wildman–Crippen LogP) is 0.424. The Morgan fingerprint density at radius 2 is 2.53 bits per heavy atom. The first-order chi connectivity index (χ1) is 7.18. The third-order valence-electron chi connectivity index (χ3n) is 3.28. The normalized spacial score (nSPS) is 35.8. The van der Waals surface area contributed by atoms with E-state index in [0.29, 0.717) is 12.5 Å². The van der Waals surface area contributed by atoms with Crippen LogP contribution in [0.25, 0.3) is 0 Å². The number of ether oxygens (including phenoxy) is 1. The van der Waals surface area contributed by atoms with Crippen molar-refractivity contribution in [2.24, 2.45) is 0 Å². The zero-order chi connectivity index (χ0) is 10.7. The van der Waals surface area contributed by atoms with Crippen LogP contribution in [0.1, 0.15) is 32.6 Å². The van der Waals surface area contributed by atoms with Crippen molar-refractivity contribution in [3.05, 3.63) is 0 Å². The van der Waals surface area contributed by atoms with Gasteiger partial charge in [-0.3, -0.25) is 4.79 Å². The molecule has 2 heterocycles. The van der Waals surface area contributed by atoms with Crippen molar-refractivity contribution in [3.63, 3.8) is 0 Å². The van der Waals surface area contributed by atoms with Gasteiger partial charge in [-0.25, -0.2) is 0 Å². The second-order valence-corrected chi connectivity index (χ2v) is 4.84. The Labute approximate surface area is 90.8 Å². The lowest BCUT2D eigenvalue weighted by Crippen LogP contribution is -2.42. The molecule has 2 N–H and O–H groups in total. The van der Waals surface area contributed by atoms with Gasteiger partial charge in [-0.2, -0.15) is 0 Å². The lowest BCUT2D eigenvalue weighted by atomic mass is 10.0. The highest BCUT2D eigenvalue weighted by atomic mass is 16.5. The van der Waals surface area contributed by atoms with Crippen LogP contribution in [0.5, 0.6) is 0 Å². The zero-order valence-electron chi connectivity index (χ0n) is 9.34. The van der Waals surface area contributed by atoms with Gasteiger partial charge >= 0.3 is 0 Å². The molecule has 0 spiro atoms. The first-order valence-electron chi connectivity index (χ1n) is 5.82. The Balaban J connectivity index is 1.64. The molecule has 2 unspecified atom stereocenters. The Kier molecular flexibility index (Phi) is 3.26. The Morgan fingerprint density at radius 3 is 3.13 bits per heavy atom. The minimum atomic E-state index is 0.0165. The molecule has 0 aromatic carbocycles. The van der Waals surface area contributed by atoms with E-state index >= 15 is 0 Å². The molecule has 0 saturated carbocycles. The third-order valence-corrected chi connectivity index (χ3v) is 3.28. The number of rotatable bonds is 4. The maximum atomic E-state index is 11.0. The fourth-order valence-electron chi connectivity index (χ4n) is 2.32. The fraction of sp³-hybridized carbons (Fsp3) is 0.909. The van der Waals surface area contributed by atoms with Crippen LogP contribution in [-0.4, -0.2) is 37.2 Å². The molecule has 0 aromatic rings. The minimum absolute atomic E-state index is 0.0165. The molecule has 0 aliphatic carbocycles. The summed E-state index contributed by atoms with van der Waals surface area (Å²) in [5.74, 6) is 0.185. The van der Waals surface area contributed by atoms with E-state index in [-0.39, 0.29) is 11.5 Å². The van der Waals surface area contributed by atoms with E-state index in [1.54, 1.807) is 0 Å². The fourth-order valence-corrected chi connectivity index (χ4v) is 2.32. The second-order valence-electron chi connectivity index (χ2n) is 4.84. The Bertz CT molecular complexity index is 237. The van der Waals surface area contributed by atoms with Crippen molar-refractivity contribution >= 4 is 5.91 Å². The van der Waals surface area contributed by atoms with Crippen molar-refractivity contribution in [1.82, 2.24) is 10.6 Å². The van der Waals surface area contributed by atoms with Gasteiger partial charge in [0.25, 0.3) is 0 Å². The van der Waals surface area contributed by atoms with Crippen molar-refractivity contribution in [1.29, 1.82) is 0 Å². The summed E-state index contributed by atoms with van der Waals surface area (Å²) in [6, 6.07) is 0.322. The van der Waals surface area contributed by atoms with Gasteiger partial charge in [0.2, 0.25) is 5.91 Å². The number of carbonyl (C=O) groups is 1. The maximum Gasteiger partial charge on any atom is 0.220 e. The average molecular weight is 212 g/mol. The quantitative estimate of drug-likeness (QED) is 0.710. The summed E-state index contributed by atoms with van der Waals surface area (Å²) >= 11 is 0. The highest BCUT2D eigenvalue weighted by Crippen LogP contribution is 2.23. The molecule has 2 saturated heterocycles. The smallest absolute Gasteiger partial charge is 0.220 e. The predicted molar refractivity (Wildman–Crippen MR) is 57.6 cm³/mol. The van der Waals surface area contributed by atoms with Crippen LogP contribution in [0.15, 0.2) is 0 Å². The van der Waals surface area contributed by atoms with Crippen LogP contribution in [0.3, 0.4) is 0 Å². The number of hydrogen-bond acceptors (Lipinski definition) is 3. The molecule has 0 bridgehead atoms. The minimum Gasteiger partial charge on any atom is -0.374 e. The lowest BCUT2D eigenvalue weighted by molar-refractivity contribution is -0.119. The monoisotopic (exact) mass is 212 g/mol. The average Bonchev–Trinajstić information content (AvgIpc) is 2.76. The molecule has 2 atom stereocenters. The standard InChI is InChI=1S/C11H20N2O2/c1-11(5-2-6-15-11)8-12-7-9-3-4-10(14)13-9/h9,12H,2-8H2,1H3,(H,13,14). The lowest BCUT2D eigenvalue weighted by Gasteiger charge is -2.24. The first-order valence-corrected chi connectivity index (χ1v) is 5.82. The van der Waals surface area contributed by atoms with Crippen molar-refractivity contribution in [3.8, 4) is 0 Å². The molecule has 2 rings (SSSR count). The summed E-state index contributed by atoms with van der Waals surface area (Å²) < 4.78 is 5.68. The van der Waals surface area contributed by atoms with E-state index in [9.17, 15) is 4.79 Å². The van der Waals surface area contributed by atoms with Crippen molar-refractivity contribution in [2.45, 2.75) is 44.2 Å². The Morgan fingerprint density at radius 1 is 1.67 bits per heavy atom. The van der Waals surface area contributed by atoms with Gasteiger partial charge in [0, 0.05) is 32.2 Å². The molecule has 4 heteroatoms. The summed E-state index contributed by atoms with van der Waals surface area (Å²) in [7, 11) is 0. The molecule has 0 aromatic heterocycles. The number of amides is 1. The zero-order valence-corrected chi connectivity index (χ0v) is 9.34. The third kappa shape index (κ3) is 2.92. The summed E-state index contributed by atoms with van der Waals surface area (Å²) in [5, 5.41) is 6.34. The molecular formula is C11H20N2O2. The molecule has 2 aliphatic heterocycles. The van der Waals surface area contributed by atoms with Crippen LogP contribution in [0.4, 0.5) is 0 Å². The van der Waals surface area contributed by atoms with Gasteiger partial charge in [0.15, 0.2) is 0 Å². The van der Waals surface area contributed by atoms with Gasteiger partial charge in [0.05, 0.1) is 5.60 Å². The van der Waals surface area contributed by atoms with Crippen LogP contribution < -0.4 is 10.6 Å². The number of nitrogens with one attached hydrogen (secondary N) is 2. The van der Waals surface area contributed by atoms with E-state index in [1.807, 2.05) is 0 Å². The Hall–Kier alpha value is -0.610. The summed E-state index contributed by atoms with van der Waals surface area (Å²) in [6.07, 6.45) is 3.94. The molecule has 1 amide bonds. The summed E-state index contributed by atoms with van der Waals surface area (Å²) in [5.41, 5.74) is 0.0165. The highest BCUT2D eigenvalue weighted by molar-refractivity contribution is 5.78. The van der Waals surface area contributed by atoms with E-state index in [1.165, 1.54) is 6.42 Å². The maximum absolute atomic E-state index is 11.0. The van der Waals surface area contributed by atoms with Crippen molar-refractivity contribution in [2.75, 3.05) is 19.7 Å². The van der Waals surface area contributed by atoms with Crippen LogP contribution in [0, 0.1) is 0 Å². The molecule has 15 heavy (non-hydrogen) atoms. The van der Waals surface area contributed by atoms with Gasteiger partial charge in [-0.15, -0.1) is 0 Å². The molecular weight excluding hydrogens is 192 g/mol. The molecule has 0 radical (unpaired) electrons. The molecule has 4 nitrogen and oxygen atoms in total. The topological polar surface area (TPSA) is 50.4 Å². The number of carbonyl (C=O) groups excluding carboxylic acids is 1. The van der Waals surface area contributed by atoms with Gasteiger partial charge in [0.1, 0.15) is 0 Å².